The van der Waals surface area contributed by atoms with Crippen molar-refractivity contribution in [3.05, 3.63) is 24.3 Å². The quantitative estimate of drug-likeness (QED) is 0.923. The molecule has 110 valence electrons. The molecule has 1 aromatic carbocycles. The molecule has 2 N–H and O–H groups in total. The van der Waals surface area contributed by atoms with Crippen LogP contribution in [0.3, 0.4) is 0 Å². The fraction of sp³-hybridized carbons (Fsp3) is 0.500. The second kappa shape index (κ2) is 5.18. The average molecular weight is 296 g/mol. The number of sulfonamides is 1. The molecule has 1 aliphatic heterocycles. The first kappa shape index (κ1) is 15.0. The number of amides is 1. The lowest BCUT2D eigenvalue weighted by Gasteiger charge is -2.37. The molecule has 0 atom stereocenters. The molecular weight excluding hydrogens is 276 g/mol. The zero-order chi connectivity index (χ0) is 15.0. The molecule has 1 saturated heterocycles. The van der Waals surface area contributed by atoms with E-state index in [1.54, 1.807) is 12.1 Å². The third-order valence-corrected chi connectivity index (χ3v) is 5.20. The Morgan fingerprint density at radius 3 is 2.20 bits per heavy atom. The van der Waals surface area contributed by atoms with Crippen molar-refractivity contribution in [2.45, 2.75) is 50.0 Å². The number of hydrogen-bond donors (Lipinski definition) is 1. The highest BCUT2D eigenvalue weighted by Crippen LogP contribution is 2.39. The van der Waals surface area contributed by atoms with E-state index >= 15 is 0 Å². The van der Waals surface area contributed by atoms with Gasteiger partial charge in [-0.25, -0.2) is 13.6 Å². The standard InChI is InChI=1S/C14H20N2O3S/c1-3-14(4-2)10-9-13(17)16(14)11-5-7-12(8-6-11)20(15,18)19/h5-8H,3-4,9-10H2,1-2H3,(H2,15,18,19). The minimum absolute atomic E-state index is 0.0616. The summed E-state index contributed by atoms with van der Waals surface area (Å²) in [7, 11) is -3.70. The van der Waals surface area contributed by atoms with Gasteiger partial charge in [-0.2, -0.15) is 0 Å². The van der Waals surface area contributed by atoms with Gasteiger partial charge in [-0.1, -0.05) is 13.8 Å². The van der Waals surface area contributed by atoms with E-state index in [1.165, 1.54) is 12.1 Å². The van der Waals surface area contributed by atoms with Crippen LogP contribution in [-0.4, -0.2) is 19.9 Å². The molecule has 0 aliphatic carbocycles. The molecule has 1 heterocycles. The van der Waals surface area contributed by atoms with Gasteiger partial charge in [0.2, 0.25) is 15.9 Å². The van der Waals surface area contributed by atoms with Gasteiger partial charge < -0.3 is 4.90 Å². The van der Waals surface area contributed by atoms with Crippen LogP contribution in [0.25, 0.3) is 0 Å². The smallest absolute Gasteiger partial charge is 0.238 e. The zero-order valence-electron chi connectivity index (χ0n) is 11.8. The number of benzene rings is 1. The van der Waals surface area contributed by atoms with Crippen molar-refractivity contribution >= 4 is 21.6 Å². The molecule has 0 spiro atoms. The molecule has 20 heavy (non-hydrogen) atoms. The van der Waals surface area contributed by atoms with E-state index in [-0.39, 0.29) is 16.3 Å². The fourth-order valence-electron chi connectivity index (χ4n) is 2.95. The van der Waals surface area contributed by atoms with Gasteiger partial charge in [0.25, 0.3) is 0 Å². The summed E-state index contributed by atoms with van der Waals surface area (Å²) in [6.45, 7) is 4.15. The fourth-order valence-corrected chi connectivity index (χ4v) is 3.47. The average Bonchev–Trinajstić information content (AvgIpc) is 2.75. The molecule has 1 amide bonds. The van der Waals surface area contributed by atoms with Gasteiger partial charge >= 0.3 is 0 Å². The SMILES string of the molecule is CCC1(CC)CCC(=O)N1c1ccc(S(N)(=O)=O)cc1. The van der Waals surface area contributed by atoms with Gasteiger partial charge in [0.1, 0.15) is 0 Å². The Balaban J connectivity index is 2.42. The zero-order valence-corrected chi connectivity index (χ0v) is 12.6. The van der Waals surface area contributed by atoms with Crippen LogP contribution in [0.5, 0.6) is 0 Å². The van der Waals surface area contributed by atoms with E-state index in [2.05, 4.69) is 13.8 Å². The molecule has 0 radical (unpaired) electrons. The molecule has 1 aromatic rings. The number of nitrogens with zero attached hydrogens (tertiary/aromatic N) is 1. The maximum atomic E-state index is 12.2. The number of carbonyl (C=O) groups excluding carboxylic acids is 1. The lowest BCUT2D eigenvalue weighted by Crippen LogP contribution is -2.45. The molecular formula is C14H20N2O3S. The number of primary sulfonamides is 1. The van der Waals surface area contributed by atoms with Gasteiger partial charge in [0, 0.05) is 17.6 Å². The largest absolute Gasteiger partial charge is 0.306 e. The summed E-state index contributed by atoms with van der Waals surface area (Å²) in [4.78, 5) is 14.1. The Morgan fingerprint density at radius 2 is 1.75 bits per heavy atom. The normalized spacial score (nSPS) is 18.6. The van der Waals surface area contributed by atoms with E-state index in [4.69, 9.17) is 5.14 Å². The molecule has 0 unspecified atom stereocenters. The number of nitrogens with two attached hydrogens (primary N) is 1. The van der Waals surface area contributed by atoms with Crippen molar-refractivity contribution in [3.63, 3.8) is 0 Å². The molecule has 0 aromatic heterocycles. The van der Waals surface area contributed by atoms with Gasteiger partial charge in [-0.15, -0.1) is 0 Å². The number of rotatable bonds is 4. The molecule has 1 fully saturated rings. The monoisotopic (exact) mass is 296 g/mol. The lowest BCUT2D eigenvalue weighted by atomic mass is 9.89. The van der Waals surface area contributed by atoms with Gasteiger partial charge in [0.05, 0.1) is 4.90 Å². The maximum absolute atomic E-state index is 12.2. The van der Waals surface area contributed by atoms with E-state index in [0.717, 1.165) is 24.9 Å². The van der Waals surface area contributed by atoms with Crippen molar-refractivity contribution in [2.75, 3.05) is 4.90 Å². The molecule has 5 nitrogen and oxygen atoms in total. The van der Waals surface area contributed by atoms with Crippen molar-refractivity contribution in [2.24, 2.45) is 5.14 Å². The molecule has 0 bridgehead atoms. The van der Waals surface area contributed by atoms with E-state index in [9.17, 15) is 13.2 Å². The van der Waals surface area contributed by atoms with Crippen molar-refractivity contribution in [1.29, 1.82) is 0 Å². The molecule has 2 rings (SSSR count). The first-order chi connectivity index (χ1) is 9.34. The van der Waals surface area contributed by atoms with Crippen LogP contribution in [0.2, 0.25) is 0 Å². The summed E-state index contributed by atoms with van der Waals surface area (Å²) in [6.07, 6.45) is 3.15. The minimum atomic E-state index is -3.70. The summed E-state index contributed by atoms with van der Waals surface area (Å²) in [5.41, 5.74) is 0.587. The first-order valence-electron chi connectivity index (χ1n) is 6.80. The van der Waals surface area contributed by atoms with Gasteiger partial charge in [-0.3, -0.25) is 4.79 Å². The Morgan fingerprint density at radius 1 is 1.20 bits per heavy atom. The highest BCUT2D eigenvalue weighted by molar-refractivity contribution is 7.89. The summed E-state index contributed by atoms with van der Waals surface area (Å²) < 4.78 is 22.5. The second-order valence-corrected chi connectivity index (χ2v) is 6.76. The predicted octanol–water partition coefficient (Wildman–Crippen LogP) is 2.02. The second-order valence-electron chi connectivity index (χ2n) is 5.20. The highest BCUT2D eigenvalue weighted by Gasteiger charge is 2.43. The summed E-state index contributed by atoms with van der Waals surface area (Å²) in [6, 6.07) is 6.21. The molecule has 6 heteroatoms. The number of carbonyl (C=O) groups is 1. The third-order valence-electron chi connectivity index (χ3n) is 4.27. The van der Waals surface area contributed by atoms with Crippen molar-refractivity contribution < 1.29 is 13.2 Å². The Kier molecular flexibility index (Phi) is 3.88. The lowest BCUT2D eigenvalue weighted by molar-refractivity contribution is -0.117. The molecule has 1 aliphatic rings. The Labute approximate surface area is 119 Å². The minimum Gasteiger partial charge on any atom is -0.306 e. The predicted molar refractivity (Wildman–Crippen MR) is 77.8 cm³/mol. The van der Waals surface area contributed by atoms with Crippen LogP contribution < -0.4 is 10.0 Å². The van der Waals surface area contributed by atoms with Crippen molar-refractivity contribution in [1.82, 2.24) is 0 Å². The van der Waals surface area contributed by atoms with E-state index < -0.39 is 10.0 Å². The topological polar surface area (TPSA) is 80.5 Å². The Hall–Kier alpha value is -1.40. The summed E-state index contributed by atoms with van der Waals surface area (Å²) in [5.74, 6) is 0.0945. The van der Waals surface area contributed by atoms with Crippen LogP contribution >= 0.6 is 0 Å². The third kappa shape index (κ3) is 2.45. The number of hydrogen-bond acceptors (Lipinski definition) is 3. The van der Waals surface area contributed by atoms with Crippen LogP contribution in [0, 0.1) is 0 Å². The van der Waals surface area contributed by atoms with Crippen LogP contribution in [-0.2, 0) is 14.8 Å². The van der Waals surface area contributed by atoms with Crippen LogP contribution in [0.1, 0.15) is 39.5 Å². The Bertz CT molecular complexity index is 604. The highest BCUT2D eigenvalue weighted by atomic mass is 32.2. The number of anilines is 1. The van der Waals surface area contributed by atoms with Crippen LogP contribution in [0.4, 0.5) is 5.69 Å². The van der Waals surface area contributed by atoms with Gasteiger partial charge in [-0.05, 0) is 43.5 Å². The molecule has 0 saturated carbocycles. The van der Waals surface area contributed by atoms with E-state index in [0.29, 0.717) is 6.42 Å². The summed E-state index contributed by atoms with van der Waals surface area (Å²) in [5, 5.41) is 5.08. The van der Waals surface area contributed by atoms with E-state index in [1.807, 2.05) is 4.90 Å². The summed E-state index contributed by atoms with van der Waals surface area (Å²) >= 11 is 0. The van der Waals surface area contributed by atoms with Gasteiger partial charge in [0.15, 0.2) is 0 Å². The maximum Gasteiger partial charge on any atom is 0.238 e. The van der Waals surface area contributed by atoms with Crippen molar-refractivity contribution in [3.8, 4) is 0 Å². The van der Waals surface area contributed by atoms with Crippen LogP contribution in [0.15, 0.2) is 29.2 Å². The first-order valence-corrected chi connectivity index (χ1v) is 8.34.